The van der Waals surface area contributed by atoms with Crippen molar-refractivity contribution in [1.29, 1.82) is 0 Å². The van der Waals surface area contributed by atoms with Gasteiger partial charge in [0.05, 0.1) is 5.69 Å². The highest BCUT2D eigenvalue weighted by Crippen LogP contribution is 2.28. The van der Waals surface area contributed by atoms with Gasteiger partial charge in [-0.25, -0.2) is 0 Å². The zero-order chi connectivity index (χ0) is 16.5. The van der Waals surface area contributed by atoms with Crippen LogP contribution in [0.1, 0.15) is 17.0 Å². The van der Waals surface area contributed by atoms with E-state index in [2.05, 4.69) is 26.3 Å². The number of carbonyl (C=O) groups is 1. The van der Waals surface area contributed by atoms with Crippen molar-refractivity contribution in [3.8, 4) is 0 Å². The van der Waals surface area contributed by atoms with Crippen molar-refractivity contribution in [1.82, 2.24) is 9.78 Å². The van der Waals surface area contributed by atoms with E-state index >= 15 is 0 Å². The molecule has 0 aliphatic carbocycles. The highest BCUT2D eigenvalue weighted by molar-refractivity contribution is 9.10. The molecule has 0 unspecified atom stereocenters. The number of aryl methyl sites for hydroxylation is 2. The standard InChI is InChI=1S/C14H13BrF3N3O/c1-8-3-4-11(10(15)5-8)19-13(22)7-21-9(2)6-12(20-21)14(16,17)18/h3-6H,7H2,1-2H3,(H,19,22). The second-order valence-electron chi connectivity index (χ2n) is 4.86. The number of hydrogen-bond donors (Lipinski definition) is 1. The molecule has 4 nitrogen and oxygen atoms in total. The van der Waals surface area contributed by atoms with Gasteiger partial charge in [-0.1, -0.05) is 6.07 Å². The summed E-state index contributed by atoms with van der Waals surface area (Å²) in [7, 11) is 0. The monoisotopic (exact) mass is 375 g/mol. The Morgan fingerprint density at radius 1 is 1.32 bits per heavy atom. The first-order chi connectivity index (χ1) is 10.2. The number of anilines is 1. The average Bonchev–Trinajstić information content (AvgIpc) is 2.74. The molecule has 0 bridgehead atoms. The van der Waals surface area contributed by atoms with Crippen LogP contribution in [-0.2, 0) is 17.5 Å². The molecule has 1 heterocycles. The van der Waals surface area contributed by atoms with Crippen LogP contribution >= 0.6 is 15.9 Å². The van der Waals surface area contributed by atoms with Gasteiger partial charge in [0.1, 0.15) is 6.54 Å². The molecular formula is C14H13BrF3N3O. The lowest BCUT2D eigenvalue weighted by Gasteiger charge is -2.09. The van der Waals surface area contributed by atoms with E-state index in [4.69, 9.17) is 0 Å². The maximum absolute atomic E-state index is 12.6. The smallest absolute Gasteiger partial charge is 0.323 e. The summed E-state index contributed by atoms with van der Waals surface area (Å²) in [6.07, 6.45) is -4.52. The molecule has 1 aromatic heterocycles. The summed E-state index contributed by atoms with van der Waals surface area (Å²) >= 11 is 3.32. The van der Waals surface area contributed by atoms with Crippen molar-refractivity contribution in [3.05, 3.63) is 45.7 Å². The van der Waals surface area contributed by atoms with Gasteiger partial charge in [-0.05, 0) is 53.5 Å². The van der Waals surface area contributed by atoms with E-state index in [0.717, 1.165) is 16.3 Å². The van der Waals surface area contributed by atoms with Gasteiger partial charge < -0.3 is 5.32 Å². The molecule has 0 fully saturated rings. The van der Waals surface area contributed by atoms with E-state index in [1.165, 1.54) is 6.92 Å². The topological polar surface area (TPSA) is 46.9 Å². The minimum atomic E-state index is -4.52. The number of rotatable bonds is 3. The molecule has 0 aliphatic rings. The Hall–Kier alpha value is -1.83. The number of nitrogens with zero attached hydrogens (tertiary/aromatic N) is 2. The van der Waals surface area contributed by atoms with Gasteiger partial charge >= 0.3 is 6.18 Å². The van der Waals surface area contributed by atoms with Crippen molar-refractivity contribution in [3.63, 3.8) is 0 Å². The molecule has 0 saturated carbocycles. The minimum absolute atomic E-state index is 0.269. The van der Waals surface area contributed by atoms with Crippen LogP contribution in [0.25, 0.3) is 0 Å². The van der Waals surface area contributed by atoms with Crippen molar-refractivity contribution >= 4 is 27.5 Å². The van der Waals surface area contributed by atoms with Gasteiger partial charge in [0, 0.05) is 10.2 Å². The summed E-state index contributed by atoms with van der Waals surface area (Å²) in [5, 5.41) is 6.05. The van der Waals surface area contributed by atoms with E-state index in [9.17, 15) is 18.0 Å². The Morgan fingerprint density at radius 2 is 2.00 bits per heavy atom. The van der Waals surface area contributed by atoms with Crippen LogP contribution < -0.4 is 5.32 Å². The van der Waals surface area contributed by atoms with Crippen molar-refractivity contribution in [2.24, 2.45) is 0 Å². The van der Waals surface area contributed by atoms with Gasteiger partial charge in [0.2, 0.25) is 5.91 Å². The molecule has 1 amide bonds. The second-order valence-corrected chi connectivity index (χ2v) is 5.71. The summed E-state index contributed by atoms with van der Waals surface area (Å²) in [6, 6.07) is 6.28. The van der Waals surface area contributed by atoms with Crippen LogP contribution in [0.4, 0.5) is 18.9 Å². The maximum atomic E-state index is 12.6. The normalized spacial score (nSPS) is 11.5. The summed E-state index contributed by atoms with van der Waals surface area (Å²) in [5.74, 6) is -0.454. The first-order valence-corrected chi connectivity index (χ1v) is 7.14. The fraction of sp³-hybridized carbons (Fsp3) is 0.286. The zero-order valence-corrected chi connectivity index (χ0v) is 13.4. The second kappa shape index (κ2) is 6.12. The first kappa shape index (κ1) is 16.5. The molecule has 0 radical (unpaired) electrons. The van der Waals surface area contributed by atoms with E-state index in [-0.39, 0.29) is 12.2 Å². The number of alkyl halides is 3. The first-order valence-electron chi connectivity index (χ1n) is 6.34. The Bertz CT molecular complexity index is 710. The third kappa shape index (κ3) is 3.88. The van der Waals surface area contributed by atoms with Crippen LogP contribution in [0.15, 0.2) is 28.7 Å². The minimum Gasteiger partial charge on any atom is -0.323 e. The fourth-order valence-corrected chi connectivity index (χ4v) is 2.45. The lowest BCUT2D eigenvalue weighted by molar-refractivity contribution is -0.141. The molecule has 0 spiro atoms. The molecule has 22 heavy (non-hydrogen) atoms. The highest BCUT2D eigenvalue weighted by Gasteiger charge is 2.34. The molecule has 2 rings (SSSR count). The van der Waals surface area contributed by atoms with Crippen molar-refractivity contribution in [2.75, 3.05) is 5.32 Å². The largest absolute Gasteiger partial charge is 0.435 e. The van der Waals surface area contributed by atoms with E-state index in [1.807, 2.05) is 19.1 Å². The molecule has 0 atom stereocenters. The molecule has 1 aromatic carbocycles. The van der Waals surface area contributed by atoms with Crippen LogP contribution in [-0.4, -0.2) is 15.7 Å². The molecule has 1 N–H and O–H groups in total. The van der Waals surface area contributed by atoms with Gasteiger partial charge in [-0.3, -0.25) is 9.48 Å². The number of benzene rings is 1. The van der Waals surface area contributed by atoms with Crippen LogP contribution in [0.3, 0.4) is 0 Å². The number of aromatic nitrogens is 2. The SMILES string of the molecule is Cc1ccc(NC(=O)Cn2nc(C(F)(F)F)cc2C)c(Br)c1. The molecular weight excluding hydrogens is 363 g/mol. The third-order valence-corrected chi connectivity index (χ3v) is 3.62. The number of nitrogens with one attached hydrogen (secondary N) is 1. The predicted octanol–water partition coefficient (Wildman–Crippen LogP) is 3.92. The van der Waals surface area contributed by atoms with Gasteiger partial charge in [-0.15, -0.1) is 0 Å². The number of carbonyl (C=O) groups excluding carboxylic acids is 1. The Labute approximate surface area is 133 Å². The lowest BCUT2D eigenvalue weighted by Crippen LogP contribution is -2.21. The Kier molecular flexibility index (Phi) is 4.60. The number of amides is 1. The summed E-state index contributed by atoms with van der Waals surface area (Å²) < 4.78 is 39.5. The maximum Gasteiger partial charge on any atom is 0.435 e. The van der Waals surface area contributed by atoms with E-state index in [0.29, 0.717) is 10.2 Å². The molecule has 0 aliphatic heterocycles. The predicted molar refractivity (Wildman–Crippen MR) is 79.5 cm³/mol. The lowest BCUT2D eigenvalue weighted by atomic mass is 10.2. The van der Waals surface area contributed by atoms with Crippen LogP contribution in [0, 0.1) is 13.8 Å². The quantitative estimate of drug-likeness (QED) is 0.883. The zero-order valence-electron chi connectivity index (χ0n) is 11.8. The number of halogens is 4. The van der Waals surface area contributed by atoms with E-state index in [1.54, 1.807) is 6.07 Å². The van der Waals surface area contributed by atoms with Gasteiger partial charge in [0.25, 0.3) is 0 Å². The van der Waals surface area contributed by atoms with E-state index < -0.39 is 17.8 Å². The van der Waals surface area contributed by atoms with Crippen LogP contribution in [0.5, 0.6) is 0 Å². The number of hydrogen-bond acceptors (Lipinski definition) is 2. The highest BCUT2D eigenvalue weighted by atomic mass is 79.9. The molecule has 2 aromatic rings. The average molecular weight is 376 g/mol. The Balaban J connectivity index is 2.11. The molecule has 0 saturated heterocycles. The van der Waals surface area contributed by atoms with Crippen molar-refractivity contribution in [2.45, 2.75) is 26.6 Å². The summed E-state index contributed by atoms with van der Waals surface area (Å²) in [4.78, 5) is 12.0. The third-order valence-electron chi connectivity index (χ3n) is 2.96. The van der Waals surface area contributed by atoms with Gasteiger partial charge in [-0.2, -0.15) is 18.3 Å². The van der Waals surface area contributed by atoms with Crippen LogP contribution in [0.2, 0.25) is 0 Å². The molecule has 118 valence electrons. The fourth-order valence-electron chi connectivity index (χ4n) is 1.86. The Morgan fingerprint density at radius 3 is 2.55 bits per heavy atom. The van der Waals surface area contributed by atoms with Crippen molar-refractivity contribution < 1.29 is 18.0 Å². The summed E-state index contributed by atoms with van der Waals surface area (Å²) in [5.41, 5.74) is 0.832. The molecule has 8 heteroatoms. The van der Waals surface area contributed by atoms with Gasteiger partial charge in [0.15, 0.2) is 5.69 Å². The summed E-state index contributed by atoms with van der Waals surface area (Å²) in [6.45, 7) is 3.08.